The van der Waals surface area contributed by atoms with E-state index in [1.165, 1.54) is 4.57 Å². The van der Waals surface area contributed by atoms with Gasteiger partial charge in [-0.15, -0.1) is 0 Å². The molecule has 2 aromatic heterocycles. The van der Waals surface area contributed by atoms with Crippen LogP contribution in [0, 0.1) is 11.3 Å². The van der Waals surface area contributed by atoms with E-state index in [9.17, 15) is 19.6 Å². The van der Waals surface area contributed by atoms with Gasteiger partial charge in [-0.3, -0.25) is 18.7 Å². The summed E-state index contributed by atoms with van der Waals surface area (Å²) in [6.07, 6.45) is 4.70. The van der Waals surface area contributed by atoms with E-state index in [-0.39, 0.29) is 24.5 Å². The van der Waals surface area contributed by atoms with Gasteiger partial charge in [-0.05, 0) is 50.7 Å². The minimum Gasteiger partial charge on any atom is -0.356 e. The van der Waals surface area contributed by atoms with E-state index in [1.54, 1.807) is 31.3 Å². The summed E-state index contributed by atoms with van der Waals surface area (Å²) in [5.41, 5.74) is 7.31. The summed E-state index contributed by atoms with van der Waals surface area (Å²) >= 11 is 0. The predicted octanol–water partition coefficient (Wildman–Crippen LogP) is 1.65. The number of benzene rings is 1. The van der Waals surface area contributed by atoms with Crippen LogP contribution in [0.4, 0.5) is 5.82 Å². The second-order valence-electron chi connectivity index (χ2n) is 10.1. The SMILES string of the molecule is CCn1c(N2CCC[C@@H](N)C2)c(C(=O)NC2CCC2)c2c1c(=O)n(Cc1ccccc1C#N)c(=O)n2C. The summed E-state index contributed by atoms with van der Waals surface area (Å²) in [4.78, 5) is 43.4. The number of carbonyl (C=O) groups excluding carboxylic acids is 1. The number of hydrogen-bond acceptors (Lipinski definition) is 6. The zero-order chi connectivity index (χ0) is 26.3. The average Bonchev–Trinajstić information content (AvgIpc) is 3.23. The number of anilines is 1. The Kier molecular flexibility index (Phi) is 6.65. The van der Waals surface area contributed by atoms with E-state index >= 15 is 0 Å². The molecule has 0 radical (unpaired) electrons. The Morgan fingerprint density at radius 1 is 1.14 bits per heavy atom. The molecule has 5 rings (SSSR count). The molecule has 1 aliphatic carbocycles. The normalized spacial score (nSPS) is 18.0. The molecule has 1 saturated heterocycles. The Hall–Kier alpha value is -3.84. The van der Waals surface area contributed by atoms with E-state index in [1.807, 2.05) is 11.5 Å². The number of hydrogen-bond donors (Lipinski definition) is 2. The number of piperidine rings is 1. The highest BCUT2D eigenvalue weighted by Gasteiger charge is 2.33. The quantitative estimate of drug-likeness (QED) is 0.526. The van der Waals surface area contributed by atoms with Crippen molar-refractivity contribution in [2.75, 3.05) is 18.0 Å². The molecule has 10 heteroatoms. The first-order chi connectivity index (χ1) is 17.8. The Morgan fingerprint density at radius 2 is 1.89 bits per heavy atom. The van der Waals surface area contributed by atoms with Crippen molar-refractivity contribution in [2.24, 2.45) is 12.8 Å². The highest BCUT2D eigenvalue weighted by atomic mass is 16.2. The molecule has 3 aromatic rings. The van der Waals surface area contributed by atoms with Gasteiger partial charge in [0.1, 0.15) is 16.9 Å². The summed E-state index contributed by atoms with van der Waals surface area (Å²) in [6, 6.07) is 9.13. The molecule has 3 heterocycles. The monoisotopic (exact) mass is 503 g/mol. The van der Waals surface area contributed by atoms with E-state index in [0.717, 1.165) is 36.7 Å². The Labute approximate surface area is 214 Å². The van der Waals surface area contributed by atoms with Crippen molar-refractivity contribution in [3.05, 3.63) is 61.8 Å². The lowest BCUT2D eigenvalue weighted by molar-refractivity contribution is 0.0918. The van der Waals surface area contributed by atoms with Crippen LogP contribution in [-0.4, -0.2) is 44.8 Å². The number of amides is 1. The summed E-state index contributed by atoms with van der Waals surface area (Å²) in [6.45, 7) is 3.62. The summed E-state index contributed by atoms with van der Waals surface area (Å²) in [7, 11) is 1.60. The summed E-state index contributed by atoms with van der Waals surface area (Å²) < 4.78 is 4.42. The van der Waals surface area contributed by atoms with Gasteiger partial charge in [-0.1, -0.05) is 18.2 Å². The number of nitriles is 1. The second-order valence-corrected chi connectivity index (χ2v) is 10.1. The molecule has 0 unspecified atom stereocenters. The molecular formula is C27H33N7O3. The topological polar surface area (TPSA) is 131 Å². The van der Waals surface area contributed by atoms with Crippen LogP contribution >= 0.6 is 0 Å². The molecule has 1 saturated carbocycles. The fourth-order valence-electron chi connectivity index (χ4n) is 5.56. The van der Waals surface area contributed by atoms with Crippen LogP contribution < -0.4 is 27.2 Å². The molecule has 0 bridgehead atoms. The molecule has 1 atom stereocenters. The van der Waals surface area contributed by atoms with Crippen molar-refractivity contribution < 1.29 is 4.79 Å². The maximum Gasteiger partial charge on any atom is 0.331 e. The van der Waals surface area contributed by atoms with Crippen LogP contribution in [0.3, 0.4) is 0 Å². The van der Waals surface area contributed by atoms with Gasteiger partial charge in [0, 0.05) is 38.8 Å². The number of rotatable bonds is 6. The zero-order valence-electron chi connectivity index (χ0n) is 21.4. The van der Waals surface area contributed by atoms with Crippen LogP contribution in [0.5, 0.6) is 0 Å². The van der Waals surface area contributed by atoms with Crippen molar-refractivity contribution in [3.63, 3.8) is 0 Å². The number of carbonyl (C=O) groups is 1. The minimum atomic E-state index is -0.530. The summed E-state index contributed by atoms with van der Waals surface area (Å²) in [5.74, 6) is 0.379. The first-order valence-corrected chi connectivity index (χ1v) is 13.0. The van der Waals surface area contributed by atoms with Crippen molar-refractivity contribution in [1.29, 1.82) is 5.26 Å². The smallest absolute Gasteiger partial charge is 0.331 e. The van der Waals surface area contributed by atoms with Crippen LogP contribution in [0.2, 0.25) is 0 Å². The highest BCUT2D eigenvalue weighted by molar-refractivity contribution is 6.11. The fraction of sp³-hybridized carbons (Fsp3) is 0.481. The molecule has 1 amide bonds. The zero-order valence-corrected chi connectivity index (χ0v) is 21.4. The lowest BCUT2D eigenvalue weighted by Crippen LogP contribution is -2.45. The molecule has 3 N–H and O–H groups in total. The van der Waals surface area contributed by atoms with Crippen LogP contribution in [0.15, 0.2) is 33.9 Å². The minimum absolute atomic E-state index is 0.0341. The van der Waals surface area contributed by atoms with Gasteiger partial charge in [0.05, 0.1) is 23.7 Å². The third-order valence-electron chi connectivity index (χ3n) is 7.72. The molecule has 2 fully saturated rings. The Balaban J connectivity index is 1.77. The third kappa shape index (κ3) is 4.23. The number of aryl methyl sites for hydroxylation is 2. The van der Waals surface area contributed by atoms with E-state index in [2.05, 4.69) is 16.3 Å². The van der Waals surface area contributed by atoms with Crippen LogP contribution in [0.25, 0.3) is 11.0 Å². The number of aromatic nitrogens is 3. The number of fused-ring (bicyclic) bond motifs is 1. The predicted molar refractivity (Wildman–Crippen MR) is 142 cm³/mol. The summed E-state index contributed by atoms with van der Waals surface area (Å²) in [5, 5.41) is 12.6. The molecule has 2 aliphatic rings. The van der Waals surface area contributed by atoms with E-state index in [4.69, 9.17) is 5.73 Å². The molecule has 0 spiro atoms. The maximum atomic E-state index is 14.0. The van der Waals surface area contributed by atoms with Gasteiger partial charge in [0.25, 0.3) is 11.5 Å². The lowest BCUT2D eigenvalue weighted by Gasteiger charge is -2.34. The van der Waals surface area contributed by atoms with Gasteiger partial charge in [0.15, 0.2) is 0 Å². The van der Waals surface area contributed by atoms with E-state index in [0.29, 0.717) is 53.2 Å². The first-order valence-electron chi connectivity index (χ1n) is 13.0. The van der Waals surface area contributed by atoms with Crippen LogP contribution in [0.1, 0.15) is 60.5 Å². The molecule has 37 heavy (non-hydrogen) atoms. The lowest BCUT2D eigenvalue weighted by atomic mass is 9.93. The Bertz CT molecular complexity index is 1520. The average molecular weight is 504 g/mol. The standard InChI is InChI=1S/C27H33N7O3/c1-3-33-23-22(31(2)27(37)34(26(23)36)15-18-9-5-4-8-17(18)14-28)21(24(35)30-20-11-6-12-20)25(33)32-13-7-10-19(29)16-32/h4-5,8-9,19-20H,3,6-7,10-13,15-16,29H2,1-2H3,(H,30,35)/t19-/m1/s1. The van der Waals surface area contributed by atoms with Crippen molar-refractivity contribution in [2.45, 2.75) is 64.2 Å². The molecule has 1 aromatic carbocycles. The van der Waals surface area contributed by atoms with Gasteiger partial charge < -0.3 is 20.5 Å². The van der Waals surface area contributed by atoms with Crippen molar-refractivity contribution in [1.82, 2.24) is 19.0 Å². The van der Waals surface area contributed by atoms with Crippen molar-refractivity contribution >= 4 is 22.8 Å². The molecular weight excluding hydrogens is 470 g/mol. The highest BCUT2D eigenvalue weighted by Crippen LogP contribution is 2.33. The van der Waals surface area contributed by atoms with Crippen LogP contribution in [-0.2, 0) is 20.1 Å². The Morgan fingerprint density at radius 3 is 2.54 bits per heavy atom. The third-order valence-corrected chi connectivity index (χ3v) is 7.72. The van der Waals surface area contributed by atoms with Gasteiger partial charge in [0.2, 0.25) is 0 Å². The number of nitrogens with one attached hydrogen (secondary N) is 1. The van der Waals surface area contributed by atoms with Crippen molar-refractivity contribution in [3.8, 4) is 6.07 Å². The van der Waals surface area contributed by atoms with E-state index < -0.39 is 11.2 Å². The molecule has 194 valence electrons. The largest absolute Gasteiger partial charge is 0.356 e. The van der Waals surface area contributed by atoms with Gasteiger partial charge in [-0.25, -0.2) is 4.79 Å². The molecule has 1 aliphatic heterocycles. The second kappa shape index (κ2) is 9.90. The number of nitrogens with zero attached hydrogens (tertiary/aromatic N) is 5. The van der Waals surface area contributed by atoms with Gasteiger partial charge >= 0.3 is 5.69 Å². The first kappa shape index (κ1) is 24.8. The molecule has 10 nitrogen and oxygen atoms in total. The number of nitrogens with two attached hydrogens (primary N) is 1. The maximum absolute atomic E-state index is 14.0. The van der Waals surface area contributed by atoms with Gasteiger partial charge in [-0.2, -0.15) is 5.26 Å². The fourth-order valence-corrected chi connectivity index (χ4v) is 5.56.